The molecule has 1 amide bonds. The number of aromatic nitrogens is 2. The third-order valence-electron chi connectivity index (χ3n) is 3.58. The number of hydrogen-bond acceptors (Lipinski definition) is 5. The molecule has 0 saturated heterocycles. The van der Waals surface area contributed by atoms with E-state index in [4.69, 9.17) is 23.8 Å². The van der Waals surface area contributed by atoms with Gasteiger partial charge >= 0.3 is 0 Å². The summed E-state index contributed by atoms with van der Waals surface area (Å²) in [5.41, 5.74) is 2.35. The lowest BCUT2D eigenvalue weighted by Gasteiger charge is -2.11. The molecule has 0 atom stereocenters. The van der Waals surface area contributed by atoms with Crippen molar-refractivity contribution < 1.29 is 9.90 Å². The quantitative estimate of drug-likeness (QED) is 0.356. The van der Waals surface area contributed by atoms with E-state index >= 15 is 0 Å². The van der Waals surface area contributed by atoms with E-state index in [9.17, 15) is 14.7 Å². The van der Waals surface area contributed by atoms with Crippen LogP contribution in [0.4, 0.5) is 0 Å². The molecule has 1 aromatic heterocycles. The Hall–Kier alpha value is -3.23. The number of carbonyl (C=O) groups excluding carboxylic acids is 1. The molecule has 2 aromatic carbocycles. The second-order valence-electron chi connectivity index (χ2n) is 5.38. The van der Waals surface area contributed by atoms with E-state index in [1.807, 2.05) is 0 Å². The molecule has 0 radical (unpaired) electrons. The van der Waals surface area contributed by atoms with Crippen molar-refractivity contribution in [3.8, 4) is 11.6 Å². The number of nitrogens with one attached hydrogen (secondary N) is 2. The first-order valence-corrected chi connectivity index (χ1v) is 8.48. The van der Waals surface area contributed by atoms with Gasteiger partial charge in [0.25, 0.3) is 11.5 Å². The molecule has 136 valence electrons. The van der Waals surface area contributed by atoms with Crippen molar-refractivity contribution >= 4 is 35.9 Å². The Bertz CT molecular complexity index is 1140. The van der Waals surface area contributed by atoms with Gasteiger partial charge in [-0.05, 0) is 42.5 Å². The van der Waals surface area contributed by atoms with Gasteiger partial charge in [0.05, 0.1) is 11.9 Å². The largest absolute Gasteiger partial charge is 0.494 e. The summed E-state index contributed by atoms with van der Waals surface area (Å²) in [6.07, 6.45) is 1.05. The lowest BCUT2D eigenvalue weighted by atomic mass is 10.2. The van der Waals surface area contributed by atoms with Crippen LogP contribution < -0.4 is 11.0 Å². The number of aromatic hydroxyl groups is 1. The first-order valence-electron chi connectivity index (χ1n) is 7.70. The third kappa shape index (κ3) is 4.13. The van der Waals surface area contributed by atoms with Crippen molar-refractivity contribution in [3.05, 3.63) is 85.9 Å². The molecule has 7 nitrogen and oxygen atoms in total. The second-order valence-corrected chi connectivity index (χ2v) is 6.20. The van der Waals surface area contributed by atoms with Crippen molar-refractivity contribution in [1.29, 1.82) is 0 Å². The van der Waals surface area contributed by atoms with Crippen LogP contribution in [0.25, 0.3) is 5.69 Å². The van der Waals surface area contributed by atoms with Gasteiger partial charge in [0.15, 0.2) is 4.77 Å². The molecule has 0 aliphatic carbocycles. The highest BCUT2D eigenvalue weighted by molar-refractivity contribution is 7.71. The van der Waals surface area contributed by atoms with Crippen LogP contribution in [0.1, 0.15) is 15.9 Å². The fraction of sp³-hybridized carbons (Fsp3) is 0. The van der Waals surface area contributed by atoms with Gasteiger partial charge in [0, 0.05) is 10.6 Å². The maximum Gasteiger partial charge on any atom is 0.271 e. The van der Waals surface area contributed by atoms with Gasteiger partial charge in [-0.3, -0.25) is 19.1 Å². The number of H-pyrrole nitrogens is 1. The van der Waals surface area contributed by atoms with Crippen molar-refractivity contribution in [3.63, 3.8) is 0 Å². The van der Waals surface area contributed by atoms with Crippen LogP contribution in [0.3, 0.4) is 0 Å². The minimum Gasteiger partial charge on any atom is -0.494 e. The zero-order chi connectivity index (χ0) is 19.4. The topological polar surface area (TPSA) is 99.5 Å². The van der Waals surface area contributed by atoms with E-state index in [1.165, 1.54) is 4.57 Å². The predicted molar refractivity (Wildman–Crippen MR) is 105 cm³/mol. The first kappa shape index (κ1) is 18.6. The summed E-state index contributed by atoms with van der Waals surface area (Å²) in [5.74, 6) is -0.880. The van der Waals surface area contributed by atoms with E-state index in [0.717, 1.165) is 6.21 Å². The molecule has 0 bridgehead atoms. The molecule has 3 rings (SSSR count). The monoisotopic (exact) mass is 400 g/mol. The van der Waals surface area contributed by atoms with Gasteiger partial charge < -0.3 is 5.11 Å². The van der Waals surface area contributed by atoms with Crippen LogP contribution in [-0.4, -0.2) is 26.8 Å². The first-order chi connectivity index (χ1) is 13.0. The number of nitrogens with zero attached hydrogens (tertiary/aromatic N) is 2. The molecule has 3 aromatic rings. The number of halogens is 1. The number of hydrazone groups is 1. The fourth-order valence-corrected chi connectivity index (χ4v) is 2.79. The Labute approximate surface area is 163 Å². The molecule has 0 aliphatic rings. The maximum atomic E-state index is 12.1. The highest BCUT2D eigenvalue weighted by atomic mass is 35.5. The number of benzene rings is 2. The normalized spacial score (nSPS) is 10.9. The molecule has 0 unspecified atom stereocenters. The summed E-state index contributed by atoms with van der Waals surface area (Å²) in [4.78, 5) is 26.6. The number of amides is 1. The van der Waals surface area contributed by atoms with E-state index in [0.29, 0.717) is 16.3 Å². The van der Waals surface area contributed by atoms with Gasteiger partial charge in [-0.1, -0.05) is 35.9 Å². The molecule has 0 aliphatic heterocycles. The second kappa shape index (κ2) is 7.98. The lowest BCUT2D eigenvalue weighted by Crippen LogP contribution is -2.21. The maximum absolute atomic E-state index is 12.1. The van der Waals surface area contributed by atoms with Crippen molar-refractivity contribution in [2.45, 2.75) is 0 Å². The fourth-order valence-electron chi connectivity index (χ4n) is 2.32. The average molecular weight is 401 g/mol. The Morgan fingerprint density at radius 1 is 1.22 bits per heavy atom. The highest BCUT2D eigenvalue weighted by Crippen LogP contribution is 2.21. The van der Waals surface area contributed by atoms with E-state index < -0.39 is 17.3 Å². The molecule has 0 saturated carbocycles. The summed E-state index contributed by atoms with van der Waals surface area (Å²) in [5, 5.41) is 14.7. The standard InChI is InChI=1S/C18H13ClN4O3S/c19-12-7-4-8-13(9-12)23-17(26)14(16(25)21-18(23)27)10-20-22-15(24)11-5-2-1-3-6-11/h1-10,26H,(H,22,24)(H,21,25,27)/b20-10+. The Kier molecular flexibility index (Phi) is 5.49. The Morgan fingerprint density at radius 3 is 2.67 bits per heavy atom. The minimum absolute atomic E-state index is 0.00904. The van der Waals surface area contributed by atoms with Crippen molar-refractivity contribution in [1.82, 2.24) is 15.0 Å². The molecule has 0 spiro atoms. The molecule has 0 fully saturated rings. The summed E-state index contributed by atoms with van der Waals surface area (Å²) in [6.45, 7) is 0. The zero-order valence-corrected chi connectivity index (χ0v) is 15.3. The Balaban J connectivity index is 1.94. The highest BCUT2D eigenvalue weighted by Gasteiger charge is 2.13. The van der Waals surface area contributed by atoms with Crippen LogP contribution in [0.5, 0.6) is 5.88 Å². The van der Waals surface area contributed by atoms with Crippen LogP contribution in [0.15, 0.2) is 64.5 Å². The van der Waals surface area contributed by atoms with Crippen LogP contribution >= 0.6 is 23.8 Å². The molecule has 9 heteroatoms. The number of rotatable bonds is 4. The van der Waals surface area contributed by atoms with Gasteiger partial charge in [-0.25, -0.2) is 5.43 Å². The molecule has 1 heterocycles. The van der Waals surface area contributed by atoms with E-state index in [-0.39, 0.29) is 10.3 Å². The summed E-state index contributed by atoms with van der Waals surface area (Å²) in [6, 6.07) is 15.0. The number of carbonyl (C=O) groups is 1. The predicted octanol–water partition coefficient (Wildman–Crippen LogP) is 3.02. The summed E-state index contributed by atoms with van der Waals surface area (Å²) in [7, 11) is 0. The van der Waals surface area contributed by atoms with Crippen molar-refractivity contribution in [2.24, 2.45) is 5.10 Å². The van der Waals surface area contributed by atoms with Gasteiger partial charge in [-0.2, -0.15) is 5.10 Å². The molecule has 27 heavy (non-hydrogen) atoms. The smallest absolute Gasteiger partial charge is 0.271 e. The van der Waals surface area contributed by atoms with Gasteiger partial charge in [-0.15, -0.1) is 0 Å². The van der Waals surface area contributed by atoms with Gasteiger partial charge in [0.1, 0.15) is 5.56 Å². The molecular weight excluding hydrogens is 388 g/mol. The molecule has 3 N–H and O–H groups in total. The number of aromatic amines is 1. The minimum atomic E-state index is -0.645. The summed E-state index contributed by atoms with van der Waals surface area (Å²) < 4.78 is 1.23. The van der Waals surface area contributed by atoms with Gasteiger partial charge in [0.2, 0.25) is 5.88 Å². The third-order valence-corrected chi connectivity index (χ3v) is 4.10. The number of hydrogen-bond donors (Lipinski definition) is 3. The summed E-state index contributed by atoms with van der Waals surface area (Å²) >= 11 is 11.1. The van der Waals surface area contributed by atoms with Crippen LogP contribution in [0.2, 0.25) is 5.02 Å². The van der Waals surface area contributed by atoms with Crippen LogP contribution in [-0.2, 0) is 0 Å². The molecular formula is C18H13ClN4O3S. The Morgan fingerprint density at radius 2 is 1.96 bits per heavy atom. The SMILES string of the molecule is O=C(N/N=C/c1c(O)n(-c2cccc(Cl)c2)c(=S)[nH]c1=O)c1ccccc1. The average Bonchev–Trinajstić information content (AvgIpc) is 2.65. The van der Waals surface area contributed by atoms with E-state index in [2.05, 4.69) is 15.5 Å². The van der Waals surface area contributed by atoms with Crippen molar-refractivity contribution in [2.75, 3.05) is 0 Å². The zero-order valence-electron chi connectivity index (χ0n) is 13.7. The van der Waals surface area contributed by atoms with Crippen LogP contribution in [0, 0.1) is 4.77 Å². The lowest BCUT2D eigenvalue weighted by molar-refractivity contribution is 0.0955. The van der Waals surface area contributed by atoms with E-state index in [1.54, 1.807) is 54.6 Å².